The molecule has 1 saturated carbocycles. The first-order valence-electron chi connectivity index (χ1n) is 9.24. The average molecular weight is 374 g/mol. The molecule has 0 aromatic heterocycles. The highest BCUT2D eigenvalue weighted by atomic mass is 32.5. The van der Waals surface area contributed by atoms with Crippen LogP contribution in [0.2, 0.25) is 0 Å². The van der Waals surface area contributed by atoms with Gasteiger partial charge in [-0.25, -0.2) is 9.34 Å². The molecule has 1 heterocycles. The van der Waals surface area contributed by atoms with Gasteiger partial charge in [0, 0.05) is 12.1 Å². The Labute approximate surface area is 156 Å². The van der Waals surface area contributed by atoms with Crippen LogP contribution in [-0.2, 0) is 16.3 Å². The molecule has 5 heteroatoms. The van der Waals surface area contributed by atoms with Crippen LogP contribution in [0.3, 0.4) is 0 Å². The van der Waals surface area contributed by atoms with E-state index in [9.17, 15) is 0 Å². The van der Waals surface area contributed by atoms with Crippen LogP contribution in [0.5, 0.6) is 0 Å². The lowest BCUT2D eigenvalue weighted by atomic mass is 9.91. The van der Waals surface area contributed by atoms with Crippen molar-refractivity contribution in [1.29, 1.82) is 0 Å². The molecular formula is C20H27N2OPS. The van der Waals surface area contributed by atoms with Crippen LogP contribution >= 0.6 is 6.57 Å². The van der Waals surface area contributed by atoms with Crippen LogP contribution in [0.4, 0.5) is 0 Å². The van der Waals surface area contributed by atoms with Crippen molar-refractivity contribution in [2.75, 3.05) is 14.1 Å². The molecule has 2 aromatic carbocycles. The van der Waals surface area contributed by atoms with Crippen molar-refractivity contribution in [1.82, 2.24) is 9.34 Å². The van der Waals surface area contributed by atoms with E-state index in [1.54, 1.807) is 0 Å². The molecule has 0 amide bonds. The smallest absolute Gasteiger partial charge is 0.204 e. The highest BCUT2D eigenvalue weighted by Crippen LogP contribution is 2.64. The van der Waals surface area contributed by atoms with Gasteiger partial charge in [-0.1, -0.05) is 49.2 Å². The van der Waals surface area contributed by atoms with E-state index in [1.807, 2.05) is 0 Å². The van der Waals surface area contributed by atoms with Gasteiger partial charge in [0.05, 0.1) is 6.10 Å². The van der Waals surface area contributed by atoms with Crippen LogP contribution in [0.15, 0.2) is 42.5 Å². The second kappa shape index (κ2) is 6.75. The maximum atomic E-state index is 6.63. The summed E-state index contributed by atoms with van der Waals surface area (Å²) in [5, 5.41) is 2.52. The number of benzene rings is 2. The minimum absolute atomic E-state index is 0.000456. The molecule has 2 aliphatic rings. The zero-order valence-electron chi connectivity index (χ0n) is 15.3. The van der Waals surface area contributed by atoms with Crippen molar-refractivity contribution < 1.29 is 4.52 Å². The van der Waals surface area contributed by atoms with E-state index in [2.05, 4.69) is 72.8 Å². The zero-order valence-corrected chi connectivity index (χ0v) is 17.0. The van der Waals surface area contributed by atoms with Gasteiger partial charge in [0.15, 0.2) is 0 Å². The standard InChI is InChI=1S/C20H27N2OPS/c1-15(17-13-12-16-8-4-5-9-18(16)14-17)23-24(25)21(2)19-10-6-7-11-20(19)22(24)3/h4-5,8-9,12-15,19-20H,6-7,10-11H2,1-3H3/t15-,19-,20-/m1/s1. The second-order valence-corrected chi connectivity index (χ2v) is 11.3. The average Bonchev–Trinajstić information content (AvgIpc) is 2.83. The van der Waals surface area contributed by atoms with E-state index in [4.69, 9.17) is 16.3 Å². The summed E-state index contributed by atoms with van der Waals surface area (Å²) in [5.74, 6) is 0. The fourth-order valence-corrected chi connectivity index (χ4v) is 8.12. The number of rotatable bonds is 3. The molecule has 3 atom stereocenters. The Morgan fingerprint density at radius 3 is 2.24 bits per heavy atom. The predicted molar refractivity (Wildman–Crippen MR) is 109 cm³/mol. The van der Waals surface area contributed by atoms with Crippen LogP contribution in [0, 0.1) is 0 Å². The Balaban J connectivity index is 1.60. The van der Waals surface area contributed by atoms with Crippen LogP contribution in [0.1, 0.15) is 44.3 Å². The fraction of sp³-hybridized carbons (Fsp3) is 0.500. The van der Waals surface area contributed by atoms with Crippen molar-refractivity contribution in [3.05, 3.63) is 48.0 Å². The number of hydrogen-bond acceptors (Lipinski definition) is 2. The largest absolute Gasteiger partial charge is 0.319 e. The molecule has 1 aliphatic carbocycles. The van der Waals surface area contributed by atoms with Crippen molar-refractivity contribution in [2.45, 2.75) is 50.8 Å². The Morgan fingerprint density at radius 2 is 1.60 bits per heavy atom. The summed E-state index contributed by atoms with van der Waals surface area (Å²) in [5.41, 5.74) is 1.21. The summed E-state index contributed by atoms with van der Waals surface area (Å²) in [6.45, 7) is 0.00126. The van der Waals surface area contributed by atoms with Gasteiger partial charge in [0.1, 0.15) is 0 Å². The summed E-state index contributed by atoms with van der Waals surface area (Å²) in [6.07, 6.45) is 5.12. The number of fused-ring (bicyclic) bond motifs is 2. The summed E-state index contributed by atoms with van der Waals surface area (Å²) < 4.78 is 11.4. The lowest BCUT2D eigenvalue weighted by Crippen LogP contribution is -2.37. The van der Waals surface area contributed by atoms with Crippen molar-refractivity contribution >= 4 is 29.1 Å². The first-order valence-corrected chi connectivity index (χ1v) is 11.9. The van der Waals surface area contributed by atoms with E-state index in [0.29, 0.717) is 12.1 Å². The van der Waals surface area contributed by atoms with Crippen LogP contribution < -0.4 is 0 Å². The first-order chi connectivity index (χ1) is 12.0. The molecule has 4 rings (SSSR count). The molecule has 1 aliphatic heterocycles. The summed E-state index contributed by atoms with van der Waals surface area (Å²) in [7, 11) is 4.36. The third-order valence-corrected chi connectivity index (χ3v) is 10.6. The Kier molecular flexibility index (Phi) is 4.76. The molecular weight excluding hydrogens is 347 g/mol. The van der Waals surface area contributed by atoms with E-state index in [0.717, 1.165) is 0 Å². The third-order valence-electron chi connectivity index (χ3n) is 5.99. The van der Waals surface area contributed by atoms with Crippen LogP contribution in [0.25, 0.3) is 10.8 Å². The molecule has 2 fully saturated rings. The monoisotopic (exact) mass is 374 g/mol. The molecule has 134 valence electrons. The SMILES string of the molecule is C[C@@H](OP1(=S)N(C)[C@@H]2CCCC[C@H]2N1C)c1ccc2ccccc2c1. The van der Waals surface area contributed by atoms with Gasteiger partial charge in [0.25, 0.3) is 0 Å². The Morgan fingerprint density at radius 1 is 1.00 bits per heavy atom. The lowest BCUT2D eigenvalue weighted by molar-refractivity contribution is 0.221. The minimum atomic E-state index is -2.14. The molecule has 3 nitrogen and oxygen atoms in total. The molecule has 0 radical (unpaired) electrons. The van der Waals surface area contributed by atoms with Gasteiger partial charge in [-0.3, -0.25) is 0 Å². The quantitative estimate of drug-likeness (QED) is 0.675. The third kappa shape index (κ3) is 2.98. The first kappa shape index (κ1) is 17.6. The summed E-state index contributed by atoms with van der Waals surface area (Å²) in [6, 6.07) is 16.2. The lowest BCUT2D eigenvalue weighted by Gasteiger charge is -2.33. The van der Waals surface area contributed by atoms with Crippen LogP contribution in [-0.4, -0.2) is 35.5 Å². The Bertz CT molecular complexity index is 804. The van der Waals surface area contributed by atoms with Gasteiger partial charge in [-0.15, -0.1) is 0 Å². The molecule has 0 spiro atoms. The maximum Gasteiger partial charge on any atom is 0.204 e. The molecule has 25 heavy (non-hydrogen) atoms. The van der Waals surface area contributed by atoms with Crippen molar-refractivity contribution in [3.63, 3.8) is 0 Å². The Hall–Kier alpha value is -0.770. The highest BCUT2D eigenvalue weighted by molar-refractivity contribution is 8.10. The number of likely N-dealkylation sites (N-methyl/N-ethyl adjacent to an activating group) is 2. The van der Waals surface area contributed by atoms with E-state index in [1.165, 1.54) is 42.0 Å². The fourth-order valence-electron chi connectivity index (χ4n) is 4.44. The molecule has 1 saturated heterocycles. The maximum absolute atomic E-state index is 6.63. The van der Waals surface area contributed by atoms with Gasteiger partial charge >= 0.3 is 0 Å². The molecule has 0 N–H and O–H groups in total. The van der Waals surface area contributed by atoms with Crippen molar-refractivity contribution in [2.24, 2.45) is 0 Å². The van der Waals surface area contributed by atoms with Gasteiger partial charge in [-0.2, -0.15) is 0 Å². The highest BCUT2D eigenvalue weighted by Gasteiger charge is 2.50. The van der Waals surface area contributed by atoms with E-state index in [-0.39, 0.29) is 6.10 Å². The van der Waals surface area contributed by atoms with Crippen molar-refractivity contribution in [3.8, 4) is 0 Å². The molecule has 0 bridgehead atoms. The minimum Gasteiger partial charge on any atom is -0.319 e. The van der Waals surface area contributed by atoms with Gasteiger partial charge < -0.3 is 4.52 Å². The van der Waals surface area contributed by atoms with Gasteiger partial charge in [0.2, 0.25) is 6.57 Å². The van der Waals surface area contributed by atoms with E-state index >= 15 is 0 Å². The van der Waals surface area contributed by atoms with Gasteiger partial charge in [-0.05, 0) is 68.1 Å². The second-order valence-electron chi connectivity index (χ2n) is 7.41. The topological polar surface area (TPSA) is 15.7 Å². The molecule has 0 unspecified atom stereocenters. The zero-order chi connectivity index (χ0) is 17.6. The number of hydrogen-bond donors (Lipinski definition) is 0. The number of nitrogens with zero attached hydrogens (tertiary/aromatic N) is 2. The predicted octanol–water partition coefficient (Wildman–Crippen LogP) is 5.33. The summed E-state index contributed by atoms with van der Waals surface area (Å²) in [4.78, 5) is 0. The van der Waals surface area contributed by atoms with E-state index < -0.39 is 6.57 Å². The summed E-state index contributed by atoms with van der Waals surface area (Å²) >= 11 is 6.14. The molecule has 2 aromatic rings. The normalized spacial score (nSPS) is 28.1.